The van der Waals surface area contributed by atoms with Crippen molar-refractivity contribution >= 4 is 26.8 Å². The van der Waals surface area contributed by atoms with Gasteiger partial charge < -0.3 is 9.83 Å². The lowest BCUT2D eigenvalue weighted by Gasteiger charge is -1.89. The van der Waals surface area contributed by atoms with Gasteiger partial charge in [0, 0.05) is 21.1 Å². The fourth-order valence-corrected chi connectivity index (χ4v) is 1.85. The Hall–Kier alpha value is -1.27. The van der Waals surface area contributed by atoms with Crippen LogP contribution in [-0.4, -0.2) is 11.5 Å². The van der Waals surface area contributed by atoms with Crippen molar-refractivity contribution in [2.75, 3.05) is 6.54 Å². The summed E-state index contributed by atoms with van der Waals surface area (Å²) < 4.78 is 1.08. The third-order valence-electron chi connectivity index (χ3n) is 2.13. The lowest BCUT2D eigenvalue weighted by Crippen LogP contribution is -1.85. The fraction of sp³-hybridized carbons (Fsp3) is 0.182. The summed E-state index contributed by atoms with van der Waals surface area (Å²) in [5.41, 5.74) is 2.27. The third kappa shape index (κ3) is 1.80. The number of fused-ring (bicyclic) bond motifs is 1. The van der Waals surface area contributed by atoms with E-state index in [0.29, 0.717) is 6.54 Å². The summed E-state index contributed by atoms with van der Waals surface area (Å²) in [5, 5.41) is 1.19. The summed E-state index contributed by atoms with van der Waals surface area (Å²) in [7, 11) is 0. The third-order valence-corrected chi connectivity index (χ3v) is 2.62. The number of benzene rings is 1. The molecule has 0 aliphatic rings. The molecule has 0 unspecified atom stereocenters. The van der Waals surface area contributed by atoms with E-state index in [1.165, 1.54) is 5.39 Å². The van der Waals surface area contributed by atoms with Crippen LogP contribution in [0.15, 0.2) is 28.7 Å². The first-order valence-electron chi connectivity index (χ1n) is 4.40. The van der Waals surface area contributed by atoms with E-state index in [1.54, 1.807) is 0 Å². The van der Waals surface area contributed by atoms with Crippen LogP contribution in [0, 0.1) is 6.57 Å². The van der Waals surface area contributed by atoms with Gasteiger partial charge in [-0.15, -0.1) is 0 Å². The van der Waals surface area contributed by atoms with Crippen molar-refractivity contribution in [1.29, 1.82) is 0 Å². The molecule has 14 heavy (non-hydrogen) atoms. The Morgan fingerprint density at radius 1 is 1.36 bits per heavy atom. The molecule has 2 aromatic rings. The topological polar surface area (TPSA) is 20.1 Å². The van der Waals surface area contributed by atoms with Crippen molar-refractivity contribution in [1.82, 2.24) is 4.98 Å². The van der Waals surface area contributed by atoms with Crippen molar-refractivity contribution in [2.45, 2.75) is 6.42 Å². The van der Waals surface area contributed by atoms with Crippen LogP contribution < -0.4 is 0 Å². The Labute approximate surface area is 90.9 Å². The largest absolute Gasteiger partial charge is 0.358 e. The predicted octanol–water partition coefficient (Wildman–Crippen LogP) is 3.39. The van der Waals surface area contributed by atoms with Crippen molar-refractivity contribution < 1.29 is 0 Å². The molecule has 0 atom stereocenters. The van der Waals surface area contributed by atoms with Gasteiger partial charge in [0.1, 0.15) is 0 Å². The molecule has 3 heteroatoms. The van der Waals surface area contributed by atoms with Crippen LogP contribution in [0.5, 0.6) is 0 Å². The Morgan fingerprint density at radius 3 is 3.00 bits per heavy atom. The summed E-state index contributed by atoms with van der Waals surface area (Å²) in [4.78, 5) is 6.63. The van der Waals surface area contributed by atoms with E-state index in [0.717, 1.165) is 22.1 Å². The SMILES string of the molecule is [C-]#[N+]CCc1cc2cc(Br)ccc2[nH]1. The normalized spacial score (nSPS) is 10.3. The van der Waals surface area contributed by atoms with Crippen molar-refractivity contribution in [2.24, 2.45) is 0 Å². The first-order chi connectivity index (χ1) is 6.79. The smallest absolute Gasteiger partial charge is 0.220 e. The molecule has 0 amide bonds. The number of hydrogen-bond acceptors (Lipinski definition) is 0. The number of hydrogen-bond donors (Lipinski definition) is 1. The van der Waals surface area contributed by atoms with E-state index < -0.39 is 0 Å². The molecular weight excluding hydrogens is 240 g/mol. The minimum absolute atomic E-state index is 0.550. The van der Waals surface area contributed by atoms with E-state index in [1.807, 2.05) is 12.1 Å². The Balaban J connectivity index is 2.37. The second-order valence-electron chi connectivity index (χ2n) is 3.16. The number of nitrogens with one attached hydrogen (secondary N) is 1. The van der Waals surface area contributed by atoms with E-state index in [2.05, 4.69) is 37.9 Å². The van der Waals surface area contributed by atoms with Gasteiger partial charge in [-0.1, -0.05) is 15.9 Å². The lowest BCUT2D eigenvalue weighted by molar-refractivity contribution is 1.03. The number of aromatic nitrogens is 1. The molecule has 0 fully saturated rings. The van der Waals surface area contributed by atoms with Gasteiger partial charge in [-0.25, -0.2) is 6.57 Å². The molecule has 0 saturated carbocycles. The van der Waals surface area contributed by atoms with Gasteiger partial charge in [0.2, 0.25) is 6.54 Å². The quantitative estimate of drug-likeness (QED) is 0.787. The molecule has 1 aromatic carbocycles. The highest BCUT2D eigenvalue weighted by atomic mass is 79.9. The average molecular weight is 249 g/mol. The zero-order chi connectivity index (χ0) is 9.97. The fourth-order valence-electron chi connectivity index (χ4n) is 1.47. The van der Waals surface area contributed by atoms with Crippen LogP contribution in [0.2, 0.25) is 0 Å². The number of rotatable bonds is 2. The highest BCUT2D eigenvalue weighted by Gasteiger charge is 2.01. The van der Waals surface area contributed by atoms with Gasteiger partial charge in [-0.2, -0.15) is 0 Å². The van der Waals surface area contributed by atoms with Crippen molar-refractivity contribution in [3.05, 3.63) is 45.8 Å². The second kappa shape index (κ2) is 3.85. The molecule has 1 aromatic heterocycles. The summed E-state index contributed by atoms with van der Waals surface area (Å²) in [6.07, 6.45) is 0.801. The molecule has 2 rings (SSSR count). The number of halogens is 1. The number of aromatic amines is 1. The van der Waals surface area contributed by atoms with Gasteiger partial charge in [0.05, 0.1) is 6.42 Å². The molecule has 0 aliphatic heterocycles. The molecule has 0 radical (unpaired) electrons. The summed E-state index contributed by atoms with van der Waals surface area (Å²) >= 11 is 3.43. The monoisotopic (exact) mass is 248 g/mol. The molecule has 2 nitrogen and oxygen atoms in total. The minimum atomic E-state index is 0.550. The maximum atomic E-state index is 6.72. The van der Waals surface area contributed by atoms with Crippen LogP contribution in [-0.2, 0) is 6.42 Å². The summed E-state index contributed by atoms with van der Waals surface area (Å²) in [6.45, 7) is 7.27. The maximum Gasteiger partial charge on any atom is 0.220 e. The van der Waals surface area contributed by atoms with Gasteiger partial charge in [0.25, 0.3) is 0 Å². The molecule has 1 N–H and O–H groups in total. The van der Waals surface area contributed by atoms with Gasteiger partial charge >= 0.3 is 0 Å². The van der Waals surface area contributed by atoms with Gasteiger partial charge in [-0.05, 0) is 24.3 Å². The maximum absolute atomic E-state index is 6.72. The lowest BCUT2D eigenvalue weighted by atomic mass is 10.2. The number of H-pyrrole nitrogens is 1. The molecule has 70 valence electrons. The first-order valence-corrected chi connectivity index (χ1v) is 5.19. The van der Waals surface area contributed by atoms with Crippen molar-refractivity contribution in [3.63, 3.8) is 0 Å². The number of nitrogens with zero attached hydrogens (tertiary/aromatic N) is 1. The van der Waals surface area contributed by atoms with Crippen LogP contribution in [0.25, 0.3) is 15.7 Å². The van der Waals surface area contributed by atoms with Crippen molar-refractivity contribution in [3.8, 4) is 0 Å². The Kier molecular flexibility index (Phi) is 2.55. The molecule has 0 bridgehead atoms. The van der Waals surface area contributed by atoms with Crippen LogP contribution in [0.4, 0.5) is 0 Å². The Bertz CT molecular complexity index is 493. The molecule has 0 aliphatic carbocycles. The van der Waals surface area contributed by atoms with E-state index in [4.69, 9.17) is 6.57 Å². The molecule has 1 heterocycles. The van der Waals surface area contributed by atoms with E-state index in [-0.39, 0.29) is 0 Å². The first kappa shape index (κ1) is 9.29. The van der Waals surface area contributed by atoms with E-state index >= 15 is 0 Å². The zero-order valence-electron chi connectivity index (χ0n) is 7.55. The standard InChI is InChI=1S/C11H9BrN2/c1-13-5-4-10-7-8-6-9(12)2-3-11(8)14-10/h2-3,6-7,14H,4-5H2. The highest BCUT2D eigenvalue weighted by molar-refractivity contribution is 9.10. The van der Waals surface area contributed by atoms with Crippen LogP contribution in [0.1, 0.15) is 5.69 Å². The van der Waals surface area contributed by atoms with Crippen LogP contribution >= 0.6 is 15.9 Å². The second-order valence-corrected chi connectivity index (χ2v) is 4.07. The van der Waals surface area contributed by atoms with Crippen LogP contribution in [0.3, 0.4) is 0 Å². The van der Waals surface area contributed by atoms with Gasteiger partial charge in [0.15, 0.2) is 0 Å². The summed E-state index contributed by atoms with van der Waals surface area (Å²) in [6, 6.07) is 8.23. The molecule has 0 saturated heterocycles. The van der Waals surface area contributed by atoms with E-state index in [9.17, 15) is 0 Å². The predicted molar refractivity (Wildman–Crippen MR) is 61.2 cm³/mol. The minimum Gasteiger partial charge on any atom is -0.358 e. The molecular formula is C11H9BrN2. The zero-order valence-corrected chi connectivity index (χ0v) is 9.13. The average Bonchev–Trinajstić information content (AvgIpc) is 2.56. The summed E-state index contributed by atoms with van der Waals surface area (Å²) in [5.74, 6) is 0. The Morgan fingerprint density at radius 2 is 2.21 bits per heavy atom. The molecule has 0 spiro atoms. The van der Waals surface area contributed by atoms with Gasteiger partial charge in [-0.3, -0.25) is 0 Å². The highest BCUT2D eigenvalue weighted by Crippen LogP contribution is 2.20.